The van der Waals surface area contributed by atoms with Crippen LogP contribution in [0.15, 0.2) is 22.9 Å². The minimum absolute atomic E-state index is 0.292. The first kappa shape index (κ1) is 14.0. The third kappa shape index (κ3) is 3.31. The van der Waals surface area contributed by atoms with Crippen molar-refractivity contribution in [3.63, 3.8) is 0 Å². The molecule has 1 aromatic rings. The van der Waals surface area contributed by atoms with Gasteiger partial charge in [-0.2, -0.15) is 0 Å². The van der Waals surface area contributed by atoms with E-state index in [0.29, 0.717) is 12.6 Å². The zero-order valence-electron chi connectivity index (χ0n) is 11.0. The van der Waals surface area contributed by atoms with E-state index in [9.17, 15) is 0 Å². The molecule has 1 unspecified atom stereocenters. The van der Waals surface area contributed by atoms with Gasteiger partial charge in [-0.25, -0.2) is 0 Å². The Bertz CT molecular complexity index is 379. The summed E-state index contributed by atoms with van der Waals surface area (Å²) in [6.07, 6.45) is 7.91. The number of hydrogen-bond donors (Lipinski definition) is 1. The molecule has 100 valence electrons. The molecule has 1 fully saturated rings. The van der Waals surface area contributed by atoms with Crippen LogP contribution in [-0.4, -0.2) is 29.5 Å². The topological polar surface area (TPSA) is 42.1 Å². The van der Waals surface area contributed by atoms with E-state index in [2.05, 4.69) is 38.8 Å². The van der Waals surface area contributed by atoms with E-state index in [-0.39, 0.29) is 0 Å². The second-order valence-electron chi connectivity index (χ2n) is 5.07. The highest BCUT2D eigenvalue weighted by Crippen LogP contribution is 2.30. The van der Waals surface area contributed by atoms with Crippen LogP contribution in [0.2, 0.25) is 0 Å². The summed E-state index contributed by atoms with van der Waals surface area (Å²) in [5, 5.41) is 0. The molecule has 1 aliphatic rings. The molecule has 1 saturated carbocycles. The Morgan fingerprint density at radius 2 is 2.28 bits per heavy atom. The normalized spacial score (nSPS) is 17.8. The first-order chi connectivity index (χ1) is 8.74. The van der Waals surface area contributed by atoms with Gasteiger partial charge >= 0.3 is 0 Å². The minimum atomic E-state index is 0.292. The summed E-state index contributed by atoms with van der Waals surface area (Å²) in [6.45, 7) is 5.08. The molecule has 18 heavy (non-hydrogen) atoms. The quantitative estimate of drug-likeness (QED) is 0.878. The first-order valence-corrected chi connectivity index (χ1v) is 7.58. The fourth-order valence-electron chi connectivity index (χ4n) is 2.59. The van der Waals surface area contributed by atoms with Gasteiger partial charge in [-0.3, -0.25) is 9.88 Å². The Kier molecular flexibility index (Phi) is 5.15. The fourth-order valence-corrected chi connectivity index (χ4v) is 2.97. The Morgan fingerprint density at radius 1 is 1.50 bits per heavy atom. The number of nitrogens with zero attached hydrogens (tertiary/aromatic N) is 2. The van der Waals surface area contributed by atoms with Crippen LogP contribution in [-0.2, 0) is 0 Å². The van der Waals surface area contributed by atoms with E-state index >= 15 is 0 Å². The van der Waals surface area contributed by atoms with Crippen LogP contribution in [0, 0.1) is 5.92 Å². The Labute approximate surface area is 118 Å². The molecule has 0 amide bonds. The predicted octanol–water partition coefficient (Wildman–Crippen LogP) is 2.97. The van der Waals surface area contributed by atoms with Crippen LogP contribution in [0.4, 0.5) is 0 Å². The highest BCUT2D eigenvalue weighted by molar-refractivity contribution is 9.10. The molecule has 1 atom stereocenters. The van der Waals surface area contributed by atoms with Crippen LogP contribution in [0.3, 0.4) is 0 Å². The smallest absolute Gasteiger partial charge is 0.0486 e. The van der Waals surface area contributed by atoms with Gasteiger partial charge in [0.1, 0.15) is 0 Å². The Morgan fingerprint density at radius 3 is 2.78 bits per heavy atom. The van der Waals surface area contributed by atoms with E-state index in [1.165, 1.54) is 31.4 Å². The van der Waals surface area contributed by atoms with Crippen molar-refractivity contribution >= 4 is 15.9 Å². The molecule has 0 spiro atoms. The molecular weight excluding hydrogens is 290 g/mol. The van der Waals surface area contributed by atoms with Crippen molar-refractivity contribution in [2.24, 2.45) is 11.7 Å². The lowest BCUT2D eigenvalue weighted by atomic mass is 9.84. The molecule has 4 heteroatoms. The average Bonchev–Trinajstić information content (AvgIpc) is 2.32. The summed E-state index contributed by atoms with van der Waals surface area (Å²) in [5.74, 6) is 0.874. The molecule has 0 radical (unpaired) electrons. The maximum Gasteiger partial charge on any atom is 0.0486 e. The Balaban J connectivity index is 2.09. The maximum absolute atomic E-state index is 5.98. The summed E-state index contributed by atoms with van der Waals surface area (Å²) in [7, 11) is 0. The lowest BCUT2D eigenvalue weighted by molar-refractivity contribution is 0.141. The van der Waals surface area contributed by atoms with Gasteiger partial charge in [0, 0.05) is 36.0 Å². The molecule has 1 heterocycles. The van der Waals surface area contributed by atoms with Gasteiger partial charge in [0.2, 0.25) is 0 Å². The highest BCUT2D eigenvalue weighted by Gasteiger charge is 2.25. The monoisotopic (exact) mass is 311 g/mol. The average molecular weight is 312 g/mol. The summed E-state index contributed by atoms with van der Waals surface area (Å²) >= 11 is 3.48. The van der Waals surface area contributed by atoms with E-state index in [4.69, 9.17) is 5.73 Å². The molecule has 0 bridgehead atoms. The number of aromatic nitrogens is 1. The second-order valence-corrected chi connectivity index (χ2v) is 5.99. The van der Waals surface area contributed by atoms with Crippen molar-refractivity contribution in [1.29, 1.82) is 0 Å². The van der Waals surface area contributed by atoms with Gasteiger partial charge in [0.25, 0.3) is 0 Å². The standard InChI is InChI=1S/C14H22BrN3/c1-2-18(10-11-4-3-5-11)14(7-16)12-6-13(15)9-17-8-12/h6,8-9,11,14H,2-5,7,10,16H2,1H3. The van der Waals surface area contributed by atoms with Crippen molar-refractivity contribution in [3.05, 3.63) is 28.5 Å². The third-order valence-corrected chi connectivity index (χ3v) is 4.33. The summed E-state index contributed by atoms with van der Waals surface area (Å²) in [6, 6.07) is 2.43. The number of nitrogens with two attached hydrogens (primary N) is 1. The van der Waals surface area contributed by atoms with Gasteiger partial charge < -0.3 is 5.73 Å². The van der Waals surface area contributed by atoms with Crippen LogP contribution in [0.5, 0.6) is 0 Å². The van der Waals surface area contributed by atoms with Crippen LogP contribution < -0.4 is 5.73 Å². The second kappa shape index (κ2) is 6.64. The van der Waals surface area contributed by atoms with Gasteiger partial charge in [-0.15, -0.1) is 0 Å². The SMILES string of the molecule is CCN(CC1CCC1)C(CN)c1cncc(Br)c1. The van der Waals surface area contributed by atoms with Gasteiger partial charge in [0.15, 0.2) is 0 Å². The molecule has 0 aromatic carbocycles. The molecule has 3 nitrogen and oxygen atoms in total. The Hall–Kier alpha value is -0.450. The first-order valence-electron chi connectivity index (χ1n) is 6.79. The van der Waals surface area contributed by atoms with Gasteiger partial charge in [-0.05, 0) is 52.9 Å². The third-order valence-electron chi connectivity index (χ3n) is 3.90. The summed E-state index contributed by atoms with van der Waals surface area (Å²) in [5.41, 5.74) is 7.20. The van der Waals surface area contributed by atoms with Crippen molar-refractivity contribution in [1.82, 2.24) is 9.88 Å². The van der Waals surface area contributed by atoms with Crippen molar-refractivity contribution in [2.75, 3.05) is 19.6 Å². The fraction of sp³-hybridized carbons (Fsp3) is 0.643. The van der Waals surface area contributed by atoms with Crippen molar-refractivity contribution in [3.8, 4) is 0 Å². The molecule has 0 aliphatic heterocycles. The van der Waals surface area contributed by atoms with Crippen LogP contribution in [0.1, 0.15) is 37.8 Å². The lowest BCUT2D eigenvalue weighted by Gasteiger charge is -2.36. The van der Waals surface area contributed by atoms with Crippen molar-refractivity contribution < 1.29 is 0 Å². The zero-order chi connectivity index (χ0) is 13.0. The predicted molar refractivity (Wildman–Crippen MR) is 78.3 cm³/mol. The number of halogens is 1. The van der Waals surface area contributed by atoms with Crippen molar-refractivity contribution in [2.45, 2.75) is 32.2 Å². The van der Waals surface area contributed by atoms with Gasteiger partial charge in [0.05, 0.1) is 0 Å². The zero-order valence-corrected chi connectivity index (χ0v) is 12.6. The molecule has 0 saturated heterocycles. The lowest BCUT2D eigenvalue weighted by Crippen LogP contribution is -2.38. The minimum Gasteiger partial charge on any atom is -0.329 e. The van der Waals surface area contributed by atoms with E-state index in [1.54, 1.807) is 0 Å². The molecular formula is C14H22BrN3. The summed E-state index contributed by atoms with van der Waals surface area (Å²) < 4.78 is 1.03. The molecule has 2 N–H and O–H groups in total. The van der Waals surface area contributed by atoms with Gasteiger partial charge in [-0.1, -0.05) is 13.3 Å². The van der Waals surface area contributed by atoms with E-state index in [1.807, 2.05) is 12.4 Å². The van der Waals surface area contributed by atoms with Crippen LogP contribution >= 0.6 is 15.9 Å². The number of rotatable bonds is 6. The number of hydrogen-bond acceptors (Lipinski definition) is 3. The maximum atomic E-state index is 5.98. The van der Waals surface area contributed by atoms with Crippen LogP contribution in [0.25, 0.3) is 0 Å². The van der Waals surface area contributed by atoms with E-state index in [0.717, 1.165) is 16.9 Å². The number of pyridine rings is 1. The number of likely N-dealkylation sites (N-methyl/N-ethyl adjacent to an activating group) is 1. The molecule has 1 aromatic heterocycles. The molecule has 2 rings (SSSR count). The van der Waals surface area contributed by atoms with E-state index < -0.39 is 0 Å². The highest BCUT2D eigenvalue weighted by atomic mass is 79.9. The molecule has 1 aliphatic carbocycles. The largest absolute Gasteiger partial charge is 0.329 e. The summed E-state index contributed by atoms with van der Waals surface area (Å²) in [4.78, 5) is 6.75.